The molecule has 0 aromatic heterocycles. The van der Waals surface area contributed by atoms with E-state index >= 15 is 0 Å². The van der Waals surface area contributed by atoms with Crippen LogP contribution in [0.4, 0.5) is 5.69 Å². The molecule has 0 saturated carbocycles. The van der Waals surface area contributed by atoms with Crippen LogP contribution in [-0.4, -0.2) is 43.3 Å². The molecular formula is C30H36BrN3O4S. The van der Waals surface area contributed by atoms with Gasteiger partial charge in [-0.05, 0) is 83.0 Å². The summed E-state index contributed by atoms with van der Waals surface area (Å²) in [6.07, 6.45) is 0. The highest BCUT2D eigenvalue weighted by Crippen LogP contribution is 2.28. The molecule has 7 nitrogen and oxygen atoms in total. The first-order valence-electron chi connectivity index (χ1n) is 12.7. The minimum atomic E-state index is -4.09. The normalized spacial score (nSPS) is 12.5. The highest BCUT2D eigenvalue weighted by Gasteiger charge is 2.33. The molecule has 208 valence electrons. The van der Waals surface area contributed by atoms with Gasteiger partial charge in [0.2, 0.25) is 11.8 Å². The van der Waals surface area contributed by atoms with Crippen LogP contribution in [0, 0.1) is 13.8 Å². The van der Waals surface area contributed by atoms with Gasteiger partial charge < -0.3 is 10.2 Å². The maximum atomic E-state index is 14.0. The van der Waals surface area contributed by atoms with Crippen molar-refractivity contribution in [1.29, 1.82) is 0 Å². The number of benzene rings is 3. The number of amides is 2. The van der Waals surface area contributed by atoms with E-state index in [4.69, 9.17) is 0 Å². The summed E-state index contributed by atoms with van der Waals surface area (Å²) in [5.41, 5.74) is 2.42. The van der Waals surface area contributed by atoms with Gasteiger partial charge >= 0.3 is 0 Å². The fourth-order valence-electron chi connectivity index (χ4n) is 4.16. The van der Waals surface area contributed by atoms with Crippen LogP contribution in [0.2, 0.25) is 0 Å². The van der Waals surface area contributed by atoms with Crippen LogP contribution in [0.1, 0.15) is 44.4 Å². The summed E-state index contributed by atoms with van der Waals surface area (Å²) in [6.45, 7) is 10.7. The molecule has 0 spiro atoms. The predicted molar refractivity (Wildman–Crippen MR) is 159 cm³/mol. The van der Waals surface area contributed by atoms with E-state index in [0.717, 1.165) is 25.5 Å². The van der Waals surface area contributed by atoms with Crippen molar-refractivity contribution < 1.29 is 18.0 Å². The van der Waals surface area contributed by atoms with E-state index in [9.17, 15) is 18.0 Å². The molecular weight excluding hydrogens is 578 g/mol. The van der Waals surface area contributed by atoms with Crippen molar-refractivity contribution in [3.8, 4) is 0 Å². The molecule has 0 aliphatic heterocycles. The van der Waals surface area contributed by atoms with Gasteiger partial charge in [0, 0.05) is 16.6 Å². The summed E-state index contributed by atoms with van der Waals surface area (Å²) in [6, 6.07) is 20.1. The Kier molecular flexibility index (Phi) is 9.61. The van der Waals surface area contributed by atoms with Crippen LogP contribution in [-0.2, 0) is 26.2 Å². The van der Waals surface area contributed by atoms with Crippen molar-refractivity contribution in [2.45, 2.75) is 64.6 Å². The Hall–Kier alpha value is -3.17. The number of carbonyl (C=O) groups excluding carboxylic acids is 2. The Labute approximate surface area is 240 Å². The second kappa shape index (κ2) is 12.3. The first-order valence-corrected chi connectivity index (χ1v) is 14.9. The molecule has 3 rings (SSSR count). The molecule has 9 heteroatoms. The number of hydrogen-bond acceptors (Lipinski definition) is 4. The van der Waals surface area contributed by atoms with Crippen molar-refractivity contribution in [2.75, 3.05) is 10.8 Å². The minimum Gasteiger partial charge on any atom is -0.350 e. The van der Waals surface area contributed by atoms with Crippen molar-refractivity contribution in [1.82, 2.24) is 10.2 Å². The lowest BCUT2D eigenvalue weighted by molar-refractivity contribution is -0.140. The molecule has 0 radical (unpaired) electrons. The molecule has 2 amide bonds. The molecule has 0 saturated heterocycles. The van der Waals surface area contributed by atoms with Crippen molar-refractivity contribution in [3.05, 3.63) is 94.0 Å². The van der Waals surface area contributed by atoms with Crippen LogP contribution >= 0.6 is 15.9 Å². The standard InChI is InChI=1S/C30H36BrN3O4S/c1-21-12-17-27(22(2)18-21)34(39(37,38)26-10-8-7-9-11-26)20-28(35)33(19-24-13-15-25(31)16-14-24)23(3)29(36)32-30(4,5)6/h7-18,23H,19-20H2,1-6H3,(H,32,36). The number of nitrogens with one attached hydrogen (secondary N) is 1. The quantitative estimate of drug-likeness (QED) is 0.341. The predicted octanol–water partition coefficient (Wildman–Crippen LogP) is 5.59. The fourth-order valence-corrected chi connectivity index (χ4v) is 5.93. The van der Waals surface area contributed by atoms with Crippen LogP contribution in [0.5, 0.6) is 0 Å². The second-order valence-electron chi connectivity index (χ2n) is 10.7. The molecule has 3 aromatic rings. The van der Waals surface area contributed by atoms with Crippen molar-refractivity contribution in [3.63, 3.8) is 0 Å². The van der Waals surface area contributed by atoms with Gasteiger partial charge in [-0.25, -0.2) is 8.42 Å². The summed E-state index contributed by atoms with van der Waals surface area (Å²) >= 11 is 3.42. The molecule has 0 bridgehead atoms. The van der Waals surface area contributed by atoms with Gasteiger partial charge in [-0.1, -0.05) is 64.0 Å². The van der Waals surface area contributed by atoms with Crippen molar-refractivity contribution >= 4 is 43.5 Å². The third-order valence-corrected chi connectivity index (χ3v) is 8.47. The zero-order valence-electron chi connectivity index (χ0n) is 23.2. The highest BCUT2D eigenvalue weighted by molar-refractivity contribution is 9.10. The number of carbonyl (C=O) groups is 2. The van der Waals surface area contributed by atoms with Gasteiger partial charge in [0.05, 0.1) is 10.6 Å². The zero-order chi connectivity index (χ0) is 29.0. The van der Waals surface area contributed by atoms with Gasteiger partial charge in [0.25, 0.3) is 10.0 Å². The van der Waals surface area contributed by atoms with Crippen LogP contribution < -0.4 is 9.62 Å². The molecule has 39 heavy (non-hydrogen) atoms. The average Bonchev–Trinajstić information content (AvgIpc) is 2.86. The summed E-state index contributed by atoms with van der Waals surface area (Å²) in [5.74, 6) is -0.814. The van der Waals surface area contributed by atoms with Gasteiger partial charge in [-0.15, -0.1) is 0 Å². The SMILES string of the molecule is Cc1ccc(N(CC(=O)N(Cc2ccc(Br)cc2)C(C)C(=O)NC(C)(C)C)S(=O)(=O)c2ccccc2)c(C)c1. The number of aryl methyl sites for hydroxylation is 2. The summed E-state index contributed by atoms with van der Waals surface area (Å²) in [7, 11) is -4.09. The Morgan fingerprint density at radius 1 is 0.949 bits per heavy atom. The van der Waals surface area contributed by atoms with Crippen LogP contribution in [0.3, 0.4) is 0 Å². The number of halogens is 1. The lowest BCUT2D eigenvalue weighted by Gasteiger charge is -2.34. The molecule has 0 aliphatic carbocycles. The van der Waals surface area contributed by atoms with Gasteiger partial charge in [-0.2, -0.15) is 0 Å². The largest absolute Gasteiger partial charge is 0.350 e. The van der Waals surface area contributed by atoms with E-state index in [-0.39, 0.29) is 17.3 Å². The summed E-state index contributed by atoms with van der Waals surface area (Å²) < 4.78 is 29.8. The second-order valence-corrected chi connectivity index (χ2v) is 13.5. The number of anilines is 1. The summed E-state index contributed by atoms with van der Waals surface area (Å²) in [4.78, 5) is 28.7. The zero-order valence-corrected chi connectivity index (χ0v) is 25.6. The lowest BCUT2D eigenvalue weighted by atomic mass is 10.1. The molecule has 1 N–H and O–H groups in total. The van der Waals surface area contributed by atoms with E-state index in [0.29, 0.717) is 5.69 Å². The Bertz CT molecular complexity index is 1420. The summed E-state index contributed by atoms with van der Waals surface area (Å²) in [5, 5.41) is 2.93. The molecule has 0 heterocycles. The number of sulfonamides is 1. The molecule has 1 unspecified atom stereocenters. The van der Waals surface area contributed by atoms with E-state index in [2.05, 4.69) is 21.2 Å². The molecule has 0 fully saturated rings. The third-order valence-electron chi connectivity index (χ3n) is 6.16. The highest BCUT2D eigenvalue weighted by atomic mass is 79.9. The Balaban J connectivity index is 2.05. The van der Waals surface area contributed by atoms with E-state index < -0.39 is 34.1 Å². The van der Waals surface area contributed by atoms with E-state index in [1.807, 2.05) is 71.0 Å². The number of rotatable bonds is 9. The maximum Gasteiger partial charge on any atom is 0.264 e. The first kappa shape index (κ1) is 30.4. The van der Waals surface area contributed by atoms with E-state index in [1.165, 1.54) is 17.0 Å². The molecule has 0 aliphatic rings. The maximum absolute atomic E-state index is 14.0. The van der Waals surface area contributed by atoms with Crippen LogP contribution in [0.25, 0.3) is 0 Å². The van der Waals surface area contributed by atoms with Gasteiger partial charge in [-0.3, -0.25) is 13.9 Å². The van der Waals surface area contributed by atoms with Gasteiger partial charge in [0.1, 0.15) is 12.6 Å². The first-order chi connectivity index (χ1) is 18.2. The van der Waals surface area contributed by atoms with Gasteiger partial charge in [0.15, 0.2) is 0 Å². The van der Waals surface area contributed by atoms with Crippen molar-refractivity contribution in [2.24, 2.45) is 0 Å². The minimum absolute atomic E-state index is 0.0794. The molecule has 3 aromatic carbocycles. The molecule has 1 atom stereocenters. The Morgan fingerprint density at radius 3 is 2.13 bits per heavy atom. The monoisotopic (exact) mass is 613 g/mol. The third kappa shape index (κ3) is 7.92. The topological polar surface area (TPSA) is 86.8 Å². The Morgan fingerprint density at radius 2 is 1.56 bits per heavy atom. The van der Waals surface area contributed by atoms with E-state index in [1.54, 1.807) is 31.2 Å². The lowest BCUT2D eigenvalue weighted by Crippen LogP contribution is -2.54. The fraction of sp³-hybridized carbons (Fsp3) is 0.333. The average molecular weight is 615 g/mol. The van der Waals surface area contributed by atoms with Crippen LogP contribution in [0.15, 0.2) is 82.2 Å². The smallest absolute Gasteiger partial charge is 0.264 e. The number of hydrogen-bond donors (Lipinski definition) is 1. The number of nitrogens with zero attached hydrogens (tertiary/aromatic N) is 2.